The molecule has 0 radical (unpaired) electrons. The molecule has 0 saturated heterocycles. The Hall–Kier alpha value is -2.73. The van der Waals surface area contributed by atoms with Gasteiger partial charge >= 0.3 is 0 Å². The van der Waals surface area contributed by atoms with E-state index in [2.05, 4.69) is 37.6 Å². The van der Waals surface area contributed by atoms with Gasteiger partial charge in [-0.25, -0.2) is 4.39 Å². The molecule has 6 heteroatoms. The van der Waals surface area contributed by atoms with Gasteiger partial charge in [0.2, 0.25) is 0 Å². The molecule has 1 heterocycles. The molecule has 0 spiro atoms. The molecule has 0 aliphatic carbocycles. The summed E-state index contributed by atoms with van der Waals surface area (Å²) in [6.07, 6.45) is 1.76. The fourth-order valence-electron chi connectivity index (χ4n) is 2.55. The molecule has 0 saturated carbocycles. The molecule has 4 nitrogen and oxygen atoms in total. The number of benzene rings is 2. The number of fused-ring (bicyclic) bond motifs is 1. The van der Waals surface area contributed by atoms with Crippen LogP contribution >= 0.6 is 11.3 Å². The highest BCUT2D eigenvalue weighted by molar-refractivity contribution is 7.16. The SMILES string of the molecule is C=CCn1c(=NC(=O)COc2ccccc2F)sc2cc(C)c(C)cc21. The number of hydrogen-bond donors (Lipinski definition) is 0. The maximum absolute atomic E-state index is 13.6. The number of allylic oxidation sites excluding steroid dienone is 1. The monoisotopic (exact) mass is 370 g/mol. The maximum atomic E-state index is 13.6. The van der Waals surface area contributed by atoms with Crippen LogP contribution in [0.3, 0.4) is 0 Å². The highest BCUT2D eigenvalue weighted by atomic mass is 32.1. The van der Waals surface area contributed by atoms with Gasteiger partial charge in [-0.05, 0) is 49.2 Å². The third-order valence-electron chi connectivity index (χ3n) is 4.02. The zero-order valence-corrected chi connectivity index (χ0v) is 15.5. The lowest BCUT2D eigenvalue weighted by Gasteiger charge is -2.05. The van der Waals surface area contributed by atoms with Crippen LogP contribution in [0.25, 0.3) is 10.2 Å². The van der Waals surface area contributed by atoms with E-state index in [4.69, 9.17) is 4.74 Å². The molecule has 1 aromatic heterocycles. The molecule has 26 heavy (non-hydrogen) atoms. The number of carbonyl (C=O) groups is 1. The van der Waals surface area contributed by atoms with Crippen LogP contribution in [-0.2, 0) is 11.3 Å². The first-order chi connectivity index (χ1) is 12.5. The molecular formula is C20H19FN2O2S. The molecule has 0 atom stereocenters. The Bertz CT molecular complexity index is 1050. The molecule has 0 aliphatic heterocycles. The van der Waals surface area contributed by atoms with Gasteiger partial charge in [0.15, 0.2) is 23.0 Å². The van der Waals surface area contributed by atoms with Gasteiger partial charge in [-0.3, -0.25) is 4.79 Å². The van der Waals surface area contributed by atoms with E-state index in [1.54, 1.807) is 18.2 Å². The highest BCUT2D eigenvalue weighted by Crippen LogP contribution is 2.22. The summed E-state index contributed by atoms with van der Waals surface area (Å²) in [7, 11) is 0. The third-order valence-corrected chi connectivity index (χ3v) is 5.06. The van der Waals surface area contributed by atoms with Gasteiger partial charge in [0.1, 0.15) is 0 Å². The van der Waals surface area contributed by atoms with Crippen LogP contribution in [0.15, 0.2) is 54.0 Å². The Kier molecular flexibility index (Phi) is 5.32. The van der Waals surface area contributed by atoms with Crippen LogP contribution in [0, 0.1) is 19.7 Å². The lowest BCUT2D eigenvalue weighted by atomic mass is 10.1. The number of thiazole rings is 1. The van der Waals surface area contributed by atoms with Gasteiger partial charge in [-0.15, -0.1) is 6.58 Å². The number of aryl methyl sites for hydroxylation is 2. The van der Waals surface area contributed by atoms with E-state index in [1.165, 1.54) is 34.6 Å². The van der Waals surface area contributed by atoms with Crippen molar-refractivity contribution in [1.29, 1.82) is 0 Å². The summed E-state index contributed by atoms with van der Waals surface area (Å²) < 4.78 is 21.8. The quantitative estimate of drug-likeness (QED) is 0.633. The minimum Gasteiger partial charge on any atom is -0.481 e. The Labute approximate surface area is 154 Å². The van der Waals surface area contributed by atoms with Gasteiger partial charge < -0.3 is 9.30 Å². The molecular weight excluding hydrogens is 351 g/mol. The van der Waals surface area contributed by atoms with E-state index in [1.807, 2.05) is 4.57 Å². The van der Waals surface area contributed by atoms with Crippen LogP contribution < -0.4 is 9.54 Å². The molecule has 1 amide bonds. The van der Waals surface area contributed by atoms with E-state index in [0.29, 0.717) is 11.3 Å². The number of rotatable bonds is 5. The van der Waals surface area contributed by atoms with Crippen molar-refractivity contribution in [2.45, 2.75) is 20.4 Å². The normalized spacial score (nSPS) is 11.7. The Morgan fingerprint density at radius 1 is 1.31 bits per heavy atom. The van der Waals surface area contributed by atoms with E-state index < -0.39 is 11.7 Å². The molecule has 0 unspecified atom stereocenters. The number of carbonyl (C=O) groups excluding carboxylic acids is 1. The van der Waals surface area contributed by atoms with E-state index in [0.717, 1.165) is 10.2 Å². The van der Waals surface area contributed by atoms with Gasteiger partial charge in [0.25, 0.3) is 5.91 Å². The average Bonchev–Trinajstić information content (AvgIpc) is 2.91. The number of aromatic nitrogens is 1. The fraction of sp³-hybridized carbons (Fsp3) is 0.200. The molecule has 3 rings (SSSR count). The van der Waals surface area contributed by atoms with E-state index in [-0.39, 0.29) is 12.4 Å². The van der Waals surface area contributed by atoms with E-state index >= 15 is 0 Å². The number of amides is 1. The van der Waals surface area contributed by atoms with Crippen LogP contribution in [0.4, 0.5) is 4.39 Å². The summed E-state index contributed by atoms with van der Waals surface area (Å²) in [6.45, 7) is 8.11. The fourth-order valence-corrected chi connectivity index (χ4v) is 3.69. The second kappa shape index (κ2) is 7.66. The summed E-state index contributed by atoms with van der Waals surface area (Å²) >= 11 is 1.44. The standard InChI is InChI=1S/C20H19FN2O2S/c1-4-9-23-16-10-13(2)14(3)11-18(16)26-20(23)22-19(24)12-25-17-8-6-5-7-15(17)21/h4-8,10-11H,1,9,12H2,2-3H3. The van der Waals surface area contributed by atoms with E-state index in [9.17, 15) is 9.18 Å². The Morgan fingerprint density at radius 2 is 2.04 bits per heavy atom. The number of ether oxygens (including phenoxy) is 1. The summed E-state index contributed by atoms with van der Waals surface area (Å²) in [6, 6.07) is 10.2. The van der Waals surface area contributed by atoms with Crippen molar-refractivity contribution < 1.29 is 13.9 Å². The van der Waals surface area contributed by atoms with Crippen molar-refractivity contribution in [3.05, 3.63) is 70.8 Å². The van der Waals surface area contributed by atoms with Gasteiger partial charge in [0, 0.05) is 6.54 Å². The van der Waals surface area contributed by atoms with Crippen LogP contribution in [0.2, 0.25) is 0 Å². The summed E-state index contributed by atoms with van der Waals surface area (Å²) in [5, 5.41) is 0. The van der Waals surface area contributed by atoms with Crippen LogP contribution in [0.5, 0.6) is 5.75 Å². The number of para-hydroxylation sites is 1. The molecule has 0 N–H and O–H groups in total. The molecule has 0 fully saturated rings. The van der Waals surface area contributed by atoms with Gasteiger partial charge in [-0.2, -0.15) is 4.99 Å². The zero-order valence-electron chi connectivity index (χ0n) is 14.7. The lowest BCUT2D eigenvalue weighted by molar-refractivity contribution is -0.120. The van der Waals surface area contributed by atoms with Crippen LogP contribution in [0.1, 0.15) is 11.1 Å². The third kappa shape index (κ3) is 3.75. The largest absolute Gasteiger partial charge is 0.481 e. The first kappa shape index (κ1) is 18.1. The number of hydrogen-bond acceptors (Lipinski definition) is 3. The van der Waals surface area contributed by atoms with Crippen molar-refractivity contribution in [1.82, 2.24) is 4.57 Å². The topological polar surface area (TPSA) is 43.6 Å². The first-order valence-corrected chi connectivity index (χ1v) is 8.97. The average molecular weight is 370 g/mol. The summed E-state index contributed by atoms with van der Waals surface area (Å²) in [4.78, 5) is 17.0. The molecule has 3 aromatic rings. The van der Waals surface area contributed by atoms with Gasteiger partial charge in [0.05, 0.1) is 10.2 Å². The number of nitrogens with zero attached hydrogens (tertiary/aromatic N) is 2. The zero-order chi connectivity index (χ0) is 18.7. The van der Waals surface area contributed by atoms with Crippen molar-refractivity contribution in [3.63, 3.8) is 0 Å². The van der Waals surface area contributed by atoms with Crippen molar-refractivity contribution >= 4 is 27.5 Å². The number of halogens is 1. The van der Waals surface area contributed by atoms with Crippen molar-refractivity contribution in [2.24, 2.45) is 4.99 Å². The van der Waals surface area contributed by atoms with Gasteiger partial charge in [-0.1, -0.05) is 29.5 Å². The second-order valence-electron chi connectivity index (χ2n) is 5.91. The predicted octanol–water partition coefficient (Wildman–Crippen LogP) is 4.15. The summed E-state index contributed by atoms with van der Waals surface area (Å²) in [5.41, 5.74) is 3.37. The molecule has 2 aromatic carbocycles. The highest BCUT2D eigenvalue weighted by Gasteiger charge is 2.10. The van der Waals surface area contributed by atoms with Crippen LogP contribution in [-0.4, -0.2) is 17.1 Å². The predicted molar refractivity (Wildman–Crippen MR) is 102 cm³/mol. The minimum absolute atomic E-state index is 0.0395. The summed E-state index contributed by atoms with van der Waals surface area (Å²) in [5.74, 6) is -0.932. The maximum Gasteiger partial charge on any atom is 0.286 e. The minimum atomic E-state index is -0.505. The second-order valence-corrected chi connectivity index (χ2v) is 6.92. The molecule has 0 bridgehead atoms. The Morgan fingerprint density at radius 3 is 2.77 bits per heavy atom. The first-order valence-electron chi connectivity index (χ1n) is 8.16. The molecule has 0 aliphatic rings. The Balaban J connectivity index is 1.92. The van der Waals surface area contributed by atoms with Crippen molar-refractivity contribution in [2.75, 3.05) is 6.61 Å². The molecule has 134 valence electrons. The lowest BCUT2D eigenvalue weighted by Crippen LogP contribution is -2.19. The van der Waals surface area contributed by atoms with Crippen molar-refractivity contribution in [3.8, 4) is 5.75 Å². The smallest absolute Gasteiger partial charge is 0.286 e.